The van der Waals surface area contributed by atoms with E-state index in [2.05, 4.69) is 16.0 Å². The molecule has 1 aromatic carbocycles. The molecule has 3 amide bonds. The molecule has 8 heteroatoms. The fraction of sp³-hybridized carbons (Fsp3) is 0.450. The Kier molecular flexibility index (Phi) is 8.25. The predicted octanol–water partition coefficient (Wildman–Crippen LogP) is 3.21. The van der Waals surface area contributed by atoms with Gasteiger partial charge in [-0.3, -0.25) is 9.59 Å². The molecule has 1 aromatic heterocycles. The average molecular weight is 406 g/mol. The summed E-state index contributed by atoms with van der Waals surface area (Å²) in [7, 11) is 0. The van der Waals surface area contributed by atoms with Crippen LogP contribution in [0.25, 0.3) is 10.1 Å². The van der Waals surface area contributed by atoms with Gasteiger partial charge in [0.1, 0.15) is 6.04 Å². The summed E-state index contributed by atoms with van der Waals surface area (Å²) in [5.74, 6) is -0.208. The molecule has 1 heterocycles. The van der Waals surface area contributed by atoms with Crippen molar-refractivity contribution in [3.05, 3.63) is 35.2 Å². The normalized spacial score (nSPS) is 12.0. The van der Waals surface area contributed by atoms with Gasteiger partial charge in [0.05, 0.1) is 4.88 Å². The molecule has 0 saturated carbocycles. The van der Waals surface area contributed by atoms with Crippen LogP contribution in [0.3, 0.4) is 0 Å². The van der Waals surface area contributed by atoms with Gasteiger partial charge in [0.25, 0.3) is 5.91 Å². The Morgan fingerprint density at radius 1 is 1.07 bits per heavy atom. The number of rotatable bonds is 10. The molecule has 152 valence electrons. The van der Waals surface area contributed by atoms with Gasteiger partial charge < -0.3 is 21.1 Å². The Labute approximate surface area is 168 Å². The first-order chi connectivity index (χ1) is 13.4. The second kappa shape index (κ2) is 10.7. The van der Waals surface area contributed by atoms with Gasteiger partial charge >= 0.3 is 6.09 Å². The zero-order chi connectivity index (χ0) is 20.5. The van der Waals surface area contributed by atoms with E-state index in [1.165, 1.54) is 11.3 Å². The molecule has 7 nitrogen and oxygen atoms in total. The van der Waals surface area contributed by atoms with Gasteiger partial charge in [-0.25, -0.2) is 4.79 Å². The Balaban J connectivity index is 1.89. The van der Waals surface area contributed by atoms with Crippen molar-refractivity contribution in [2.75, 3.05) is 13.1 Å². The third-order valence-corrected chi connectivity index (χ3v) is 5.27. The van der Waals surface area contributed by atoms with Gasteiger partial charge in [0.2, 0.25) is 5.91 Å². The van der Waals surface area contributed by atoms with Crippen molar-refractivity contribution < 1.29 is 19.5 Å². The van der Waals surface area contributed by atoms with E-state index in [9.17, 15) is 14.4 Å². The summed E-state index contributed by atoms with van der Waals surface area (Å²) in [6.07, 6.45) is 0.786. The van der Waals surface area contributed by atoms with Crippen LogP contribution in [-0.4, -0.2) is 42.1 Å². The molecular formula is C20H27N3O4S. The second-order valence-electron chi connectivity index (χ2n) is 7.03. The summed E-state index contributed by atoms with van der Waals surface area (Å²) in [4.78, 5) is 36.1. The number of benzene rings is 1. The van der Waals surface area contributed by atoms with Crippen molar-refractivity contribution >= 4 is 39.3 Å². The van der Waals surface area contributed by atoms with Crippen LogP contribution < -0.4 is 16.0 Å². The maximum Gasteiger partial charge on any atom is 0.404 e. The molecule has 0 saturated heterocycles. The molecule has 0 aliphatic carbocycles. The van der Waals surface area contributed by atoms with Gasteiger partial charge in [-0.05, 0) is 42.7 Å². The first-order valence-corrected chi connectivity index (χ1v) is 10.2. The number of hydrogen-bond donors (Lipinski definition) is 4. The highest BCUT2D eigenvalue weighted by atomic mass is 32.1. The quantitative estimate of drug-likeness (QED) is 0.455. The Morgan fingerprint density at radius 2 is 1.75 bits per heavy atom. The molecule has 2 aromatic rings. The fourth-order valence-electron chi connectivity index (χ4n) is 2.81. The first kappa shape index (κ1) is 21.7. The lowest BCUT2D eigenvalue weighted by molar-refractivity contribution is -0.123. The maximum atomic E-state index is 12.6. The van der Waals surface area contributed by atoms with Crippen molar-refractivity contribution in [3.8, 4) is 0 Å². The van der Waals surface area contributed by atoms with E-state index in [4.69, 9.17) is 5.11 Å². The molecular weight excluding hydrogens is 378 g/mol. The molecule has 28 heavy (non-hydrogen) atoms. The molecule has 1 atom stereocenters. The largest absolute Gasteiger partial charge is 0.465 e. The number of unbranched alkanes of at least 4 members (excludes halogenated alkanes) is 1. The van der Waals surface area contributed by atoms with Crippen LogP contribution in [0.1, 0.15) is 42.8 Å². The highest BCUT2D eigenvalue weighted by Crippen LogP contribution is 2.25. The number of carbonyl (C=O) groups excluding carboxylic acids is 2. The van der Waals surface area contributed by atoms with Crippen molar-refractivity contribution in [1.82, 2.24) is 16.0 Å². The summed E-state index contributed by atoms with van der Waals surface area (Å²) in [5, 5.41) is 17.5. The van der Waals surface area contributed by atoms with Crippen LogP contribution >= 0.6 is 11.3 Å². The first-order valence-electron chi connectivity index (χ1n) is 9.40. The number of thiophene rings is 1. The minimum absolute atomic E-state index is 0.214. The Hall–Kier alpha value is -2.61. The molecule has 0 radical (unpaired) electrons. The van der Waals surface area contributed by atoms with Gasteiger partial charge in [0.15, 0.2) is 0 Å². The zero-order valence-electron chi connectivity index (χ0n) is 16.2. The molecule has 4 N–H and O–H groups in total. The molecule has 0 spiro atoms. The van der Waals surface area contributed by atoms with Crippen molar-refractivity contribution in [2.24, 2.45) is 5.92 Å². The smallest absolute Gasteiger partial charge is 0.404 e. The van der Waals surface area contributed by atoms with E-state index in [0.29, 0.717) is 37.2 Å². The number of nitrogens with one attached hydrogen (secondary N) is 3. The summed E-state index contributed by atoms with van der Waals surface area (Å²) < 4.78 is 1.03. The lowest BCUT2D eigenvalue weighted by Crippen LogP contribution is -2.47. The number of carboxylic acid groups (broad SMARTS) is 1. The van der Waals surface area contributed by atoms with E-state index in [0.717, 1.165) is 10.1 Å². The molecule has 2 rings (SSSR count). The number of carbonyl (C=O) groups is 3. The molecule has 0 fully saturated rings. The van der Waals surface area contributed by atoms with Gasteiger partial charge in [-0.2, -0.15) is 0 Å². The monoisotopic (exact) mass is 405 g/mol. The van der Waals surface area contributed by atoms with Crippen LogP contribution in [0, 0.1) is 5.92 Å². The van der Waals surface area contributed by atoms with Crippen molar-refractivity contribution in [2.45, 2.75) is 39.2 Å². The molecule has 0 aliphatic heterocycles. The van der Waals surface area contributed by atoms with Crippen LogP contribution in [0.4, 0.5) is 4.79 Å². The maximum absolute atomic E-state index is 12.6. The van der Waals surface area contributed by atoms with Crippen LogP contribution in [-0.2, 0) is 4.79 Å². The van der Waals surface area contributed by atoms with E-state index >= 15 is 0 Å². The standard InChI is InChI=1S/C20H27N3O4S/c1-13(2)11-15(18(24)21-9-5-6-10-22-20(26)27)23-19(25)17-12-14-7-3-4-8-16(14)28-17/h3-4,7-8,12-13,15,22H,5-6,9-11H2,1-2H3,(H,21,24)(H,23,25)(H,26,27)/t15-/m0/s1. The van der Waals surface area contributed by atoms with Crippen LogP contribution in [0.15, 0.2) is 30.3 Å². The molecule has 0 unspecified atom stereocenters. The number of fused-ring (bicyclic) bond motifs is 1. The zero-order valence-corrected chi connectivity index (χ0v) is 17.0. The highest BCUT2D eigenvalue weighted by molar-refractivity contribution is 7.20. The summed E-state index contributed by atoms with van der Waals surface area (Å²) in [5.41, 5.74) is 0. The van der Waals surface area contributed by atoms with Gasteiger partial charge in [-0.1, -0.05) is 32.0 Å². The Bertz CT molecular complexity index is 786. The van der Waals surface area contributed by atoms with E-state index in [-0.39, 0.29) is 17.7 Å². The fourth-order valence-corrected chi connectivity index (χ4v) is 3.77. The van der Waals surface area contributed by atoms with E-state index in [1.54, 1.807) is 0 Å². The van der Waals surface area contributed by atoms with Gasteiger partial charge in [0, 0.05) is 17.8 Å². The van der Waals surface area contributed by atoms with Crippen molar-refractivity contribution in [3.63, 3.8) is 0 Å². The van der Waals surface area contributed by atoms with E-state index in [1.807, 2.05) is 44.2 Å². The summed E-state index contributed by atoms with van der Waals surface area (Å²) >= 11 is 1.41. The minimum atomic E-state index is -1.05. The van der Waals surface area contributed by atoms with E-state index < -0.39 is 12.1 Å². The van der Waals surface area contributed by atoms with Crippen LogP contribution in [0.2, 0.25) is 0 Å². The van der Waals surface area contributed by atoms with Crippen LogP contribution in [0.5, 0.6) is 0 Å². The van der Waals surface area contributed by atoms with Gasteiger partial charge in [-0.15, -0.1) is 11.3 Å². The topological polar surface area (TPSA) is 108 Å². The van der Waals surface area contributed by atoms with Crippen molar-refractivity contribution in [1.29, 1.82) is 0 Å². The summed E-state index contributed by atoms with van der Waals surface area (Å²) in [6.45, 7) is 4.80. The lowest BCUT2D eigenvalue weighted by Gasteiger charge is -2.20. The number of hydrogen-bond acceptors (Lipinski definition) is 4. The third kappa shape index (κ3) is 6.84. The minimum Gasteiger partial charge on any atom is -0.465 e. The SMILES string of the molecule is CC(C)C[C@H](NC(=O)c1cc2ccccc2s1)C(=O)NCCCCNC(=O)O. The Morgan fingerprint density at radius 3 is 2.39 bits per heavy atom. The molecule has 0 aliphatic rings. The highest BCUT2D eigenvalue weighted by Gasteiger charge is 2.23. The number of amides is 3. The molecule has 0 bridgehead atoms. The average Bonchev–Trinajstić information content (AvgIpc) is 3.07. The lowest BCUT2D eigenvalue weighted by atomic mass is 10.0. The second-order valence-corrected chi connectivity index (χ2v) is 8.12. The summed E-state index contributed by atoms with van der Waals surface area (Å²) in [6, 6.07) is 9.03. The third-order valence-electron chi connectivity index (χ3n) is 4.16. The predicted molar refractivity (Wildman–Crippen MR) is 111 cm³/mol.